The predicted molar refractivity (Wildman–Crippen MR) is 55.3 cm³/mol. The third-order valence-corrected chi connectivity index (χ3v) is 4.46. The van der Waals surface area contributed by atoms with Crippen LogP contribution in [0, 0.1) is 5.82 Å². The standard InChI is InChI=1S/C10H13FO2Si/c1-8(12)13-14(2,3)10-6-4-9(11)5-7-10/h4-7H,1-3H3. The summed E-state index contributed by atoms with van der Waals surface area (Å²) in [5.74, 6) is -0.563. The molecular formula is C10H13FO2Si. The number of hydrogen-bond donors (Lipinski definition) is 0. The lowest BCUT2D eigenvalue weighted by molar-refractivity contribution is -0.132. The molecule has 0 radical (unpaired) electrons. The molecule has 0 atom stereocenters. The van der Waals surface area contributed by atoms with Crippen LogP contribution in [-0.4, -0.2) is 14.3 Å². The zero-order chi connectivity index (χ0) is 10.8. The van der Waals surface area contributed by atoms with Gasteiger partial charge >= 0.3 is 0 Å². The Balaban J connectivity index is 2.91. The van der Waals surface area contributed by atoms with E-state index in [4.69, 9.17) is 4.43 Å². The van der Waals surface area contributed by atoms with Crippen molar-refractivity contribution in [2.45, 2.75) is 20.0 Å². The monoisotopic (exact) mass is 212 g/mol. The van der Waals surface area contributed by atoms with E-state index in [0.717, 1.165) is 5.19 Å². The molecule has 1 aromatic rings. The van der Waals surface area contributed by atoms with E-state index in [1.807, 2.05) is 13.1 Å². The van der Waals surface area contributed by atoms with Crippen molar-refractivity contribution in [1.82, 2.24) is 0 Å². The van der Waals surface area contributed by atoms with Gasteiger partial charge in [0.2, 0.25) is 0 Å². The number of carbonyl (C=O) groups excluding carboxylic acids is 1. The third-order valence-electron chi connectivity index (χ3n) is 1.94. The predicted octanol–water partition coefficient (Wildman–Crippen LogP) is 1.80. The lowest BCUT2D eigenvalue weighted by Gasteiger charge is -2.21. The Bertz CT molecular complexity index is 332. The number of halogens is 1. The fourth-order valence-electron chi connectivity index (χ4n) is 1.27. The van der Waals surface area contributed by atoms with Gasteiger partial charge in [0.15, 0.2) is 0 Å². The molecule has 0 unspecified atom stereocenters. The van der Waals surface area contributed by atoms with Crippen molar-refractivity contribution in [2.24, 2.45) is 0 Å². The first kappa shape index (κ1) is 10.9. The Kier molecular flexibility index (Phi) is 3.05. The van der Waals surface area contributed by atoms with Crippen LogP contribution in [0.1, 0.15) is 6.92 Å². The summed E-state index contributed by atoms with van der Waals surface area (Å²) >= 11 is 0. The summed E-state index contributed by atoms with van der Waals surface area (Å²) in [4.78, 5) is 10.8. The second kappa shape index (κ2) is 3.92. The molecular weight excluding hydrogens is 199 g/mol. The van der Waals surface area contributed by atoms with Crippen molar-refractivity contribution in [3.8, 4) is 0 Å². The molecule has 0 aliphatic heterocycles. The van der Waals surface area contributed by atoms with Crippen LogP contribution >= 0.6 is 0 Å². The largest absolute Gasteiger partial charge is 0.515 e. The maximum Gasteiger partial charge on any atom is 0.289 e. The maximum atomic E-state index is 12.6. The van der Waals surface area contributed by atoms with Crippen LogP contribution in [0.3, 0.4) is 0 Å². The lowest BCUT2D eigenvalue weighted by Crippen LogP contribution is -2.45. The van der Waals surface area contributed by atoms with E-state index in [1.165, 1.54) is 19.1 Å². The molecule has 0 amide bonds. The average Bonchev–Trinajstić information content (AvgIpc) is 2.02. The number of carbonyl (C=O) groups is 1. The van der Waals surface area contributed by atoms with Gasteiger partial charge in [0.25, 0.3) is 14.3 Å². The Morgan fingerprint density at radius 1 is 1.29 bits per heavy atom. The Labute approximate surface area is 83.8 Å². The second-order valence-corrected chi connectivity index (χ2v) is 7.41. The van der Waals surface area contributed by atoms with Crippen molar-refractivity contribution in [2.75, 3.05) is 0 Å². The Morgan fingerprint density at radius 2 is 1.79 bits per heavy atom. The lowest BCUT2D eigenvalue weighted by atomic mass is 10.3. The summed E-state index contributed by atoms with van der Waals surface area (Å²) in [7, 11) is -2.18. The normalized spacial score (nSPS) is 11.1. The van der Waals surface area contributed by atoms with Gasteiger partial charge in [0, 0.05) is 6.92 Å². The molecule has 0 saturated carbocycles. The van der Waals surface area contributed by atoms with Gasteiger partial charge in [-0.05, 0) is 30.4 Å². The summed E-state index contributed by atoms with van der Waals surface area (Å²) < 4.78 is 17.9. The minimum atomic E-state index is -2.18. The molecule has 0 N–H and O–H groups in total. The van der Waals surface area contributed by atoms with Gasteiger partial charge in [-0.25, -0.2) is 4.39 Å². The highest BCUT2D eigenvalue weighted by molar-refractivity contribution is 6.85. The first-order chi connectivity index (χ1) is 6.42. The molecule has 2 nitrogen and oxygen atoms in total. The van der Waals surface area contributed by atoms with E-state index in [2.05, 4.69) is 0 Å². The molecule has 0 saturated heterocycles. The molecule has 0 fully saturated rings. The molecule has 0 bridgehead atoms. The molecule has 14 heavy (non-hydrogen) atoms. The van der Waals surface area contributed by atoms with E-state index in [0.29, 0.717) is 0 Å². The molecule has 0 aliphatic rings. The molecule has 4 heteroatoms. The Hall–Kier alpha value is -1.16. The van der Waals surface area contributed by atoms with Crippen LogP contribution < -0.4 is 5.19 Å². The SMILES string of the molecule is CC(=O)O[Si](C)(C)c1ccc(F)cc1. The van der Waals surface area contributed by atoms with E-state index >= 15 is 0 Å². The van der Waals surface area contributed by atoms with Crippen LogP contribution in [0.15, 0.2) is 24.3 Å². The Morgan fingerprint density at radius 3 is 2.21 bits per heavy atom. The zero-order valence-corrected chi connectivity index (χ0v) is 9.50. The molecule has 0 heterocycles. The van der Waals surface area contributed by atoms with E-state index in [1.54, 1.807) is 12.1 Å². The van der Waals surface area contributed by atoms with Crippen molar-refractivity contribution in [3.05, 3.63) is 30.1 Å². The van der Waals surface area contributed by atoms with Gasteiger partial charge in [-0.1, -0.05) is 12.1 Å². The number of rotatable bonds is 2. The smallest absolute Gasteiger partial charge is 0.289 e. The first-order valence-corrected chi connectivity index (χ1v) is 7.28. The van der Waals surface area contributed by atoms with E-state index in [-0.39, 0.29) is 11.8 Å². The quantitative estimate of drug-likeness (QED) is 0.699. The number of benzene rings is 1. The molecule has 1 rings (SSSR count). The van der Waals surface area contributed by atoms with Crippen LogP contribution in [0.2, 0.25) is 13.1 Å². The molecule has 0 aliphatic carbocycles. The summed E-state index contributed by atoms with van der Waals surface area (Å²) in [6, 6.07) is 6.11. The van der Waals surface area contributed by atoms with Gasteiger partial charge in [-0.15, -0.1) is 0 Å². The van der Waals surface area contributed by atoms with Crippen LogP contribution in [0.4, 0.5) is 4.39 Å². The molecule has 76 valence electrons. The summed E-state index contributed by atoms with van der Waals surface area (Å²) in [6.07, 6.45) is 0. The molecule has 0 spiro atoms. The van der Waals surface area contributed by atoms with E-state index in [9.17, 15) is 9.18 Å². The highest BCUT2D eigenvalue weighted by atomic mass is 28.4. The fraction of sp³-hybridized carbons (Fsp3) is 0.300. The summed E-state index contributed by atoms with van der Waals surface area (Å²) in [5, 5.41) is 0.911. The van der Waals surface area contributed by atoms with Crippen LogP contribution in [0.5, 0.6) is 0 Å². The highest BCUT2D eigenvalue weighted by Crippen LogP contribution is 2.06. The molecule has 0 aromatic heterocycles. The van der Waals surface area contributed by atoms with Crippen molar-refractivity contribution in [1.29, 1.82) is 0 Å². The first-order valence-electron chi connectivity index (χ1n) is 4.37. The summed E-state index contributed by atoms with van der Waals surface area (Å²) in [5.41, 5.74) is 0. The van der Waals surface area contributed by atoms with Crippen LogP contribution in [0.25, 0.3) is 0 Å². The van der Waals surface area contributed by atoms with Gasteiger partial charge in [-0.3, -0.25) is 4.79 Å². The van der Waals surface area contributed by atoms with Gasteiger partial charge < -0.3 is 4.43 Å². The topological polar surface area (TPSA) is 26.3 Å². The maximum absolute atomic E-state index is 12.6. The van der Waals surface area contributed by atoms with Crippen molar-refractivity contribution >= 4 is 19.5 Å². The number of hydrogen-bond acceptors (Lipinski definition) is 2. The highest BCUT2D eigenvalue weighted by Gasteiger charge is 2.28. The van der Waals surface area contributed by atoms with Crippen molar-refractivity contribution in [3.63, 3.8) is 0 Å². The van der Waals surface area contributed by atoms with Crippen LogP contribution in [-0.2, 0) is 9.22 Å². The minimum Gasteiger partial charge on any atom is -0.515 e. The zero-order valence-electron chi connectivity index (χ0n) is 8.50. The van der Waals surface area contributed by atoms with Gasteiger partial charge in [-0.2, -0.15) is 0 Å². The van der Waals surface area contributed by atoms with Gasteiger partial charge in [0.1, 0.15) is 5.82 Å². The second-order valence-electron chi connectivity index (χ2n) is 3.61. The minimum absolute atomic E-state index is 0.277. The third kappa shape index (κ3) is 2.66. The van der Waals surface area contributed by atoms with Crippen molar-refractivity contribution < 1.29 is 13.6 Å². The summed E-state index contributed by atoms with van der Waals surface area (Å²) in [6.45, 7) is 5.20. The van der Waals surface area contributed by atoms with Gasteiger partial charge in [0.05, 0.1) is 0 Å². The van der Waals surface area contributed by atoms with E-state index < -0.39 is 8.32 Å². The average molecular weight is 212 g/mol. The fourth-order valence-corrected chi connectivity index (χ4v) is 3.08. The molecule has 1 aromatic carbocycles.